The third kappa shape index (κ3) is 4.63. The Morgan fingerprint density at radius 2 is 1.71 bits per heavy atom. The Hall–Kier alpha value is -2.58. The van der Waals surface area contributed by atoms with Gasteiger partial charge in [-0.15, -0.1) is 0 Å². The topological polar surface area (TPSA) is 84.9 Å². The molecule has 1 atom stereocenters. The van der Waals surface area contributed by atoms with E-state index >= 15 is 0 Å². The van der Waals surface area contributed by atoms with Crippen molar-refractivity contribution in [3.05, 3.63) is 48.5 Å². The number of anilines is 1. The molecular weight excluding hydrogens is 380 g/mol. The van der Waals surface area contributed by atoms with Crippen LogP contribution in [-0.2, 0) is 14.8 Å². The molecule has 28 heavy (non-hydrogen) atoms. The van der Waals surface area contributed by atoms with E-state index in [1.807, 2.05) is 31.2 Å². The molecule has 1 amide bonds. The number of methoxy groups -OCH3 is 1. The van der Waals surface area contributed by atoms with Crippen LogP contribution in [0, 0.1) is 5.92 Å². The van der Waals surface area contributed by atoms with Crippen molar-refractivity contribution in [2.45, 2.75) is 18.2 Å². The van der Waals surface area contributed by atoms with Crippen LogP contribution in [0.2, 0.25) is 0 Å². The van der Waals surface area contributed by atoms with Gasteiger partial charge in [0, 0.05) is 25.2 Å². The molecule has 3 rings (SSSR count). The highest BCUT2D eigenvalue weighted by Gasteiger charge is 2.31. The first-order valence-corrected chi connectivity index (χ1v) is 10.6. The van der Waals surface area contributed by atoms with Gasteiger partial charge < -0.3 is 14.4 Å². The van der Waals surface area contributed by atoms with Gasteiger partial charge in [-0.2, -0.15) is 0 Å². The number of nitrogens with zero attached hydrogens (tertiary/aromatic N) is 1. The Balaban J connectivity index is 1.60. The van der Waals surface area contributed by atoms with Gasteiger partial charge in [-0.3, -0.25) is 4.79 Å². The first-order chi connectivity index (χ1) is 13.4. The number of sulfonamides is 1. The Labute approximate surface area is 165 Å². The fraction of sp³-hybridized carbons (Fsp3) is 0.350. The van der Waals surface area contributed by atoms with E-state index in [9.17, 15) is 13.2 Å². The summed E-state index contributed by atoms with van der Waals surface area (Å²) in [6, 6.07) is 13.5. The van der Waals surface area contributed by atoms with Gasteiger partial charge in [0.05, 0.1) is 18.6 Å². The molecule has 0 unspecified atom stereocenters. The third-order valence-electron chi connectivity index (χ3n) is 4.60. The summed E-state index contributed by atoms with van der Waals surface area (Å²) in [5.74, 6) is 1.23. The maximum absolute atomic E-state index is 12.5. The van der Waals surface area contributed by atoms with Gasteiger partial charge in [-0.1, -0.05) is 0 Å². The van der Waals surface area contributed by atoms with Crippen LogP contribution in [0.3, 0.4) is 0 Å². The van der Waals surface area contributed by atoms with Gasteiger partial charge >= 0.3 is 0 Å². The highest BCUT2D eigenvalue weighted by molar-refractivity contribution is 7.89. The second-order valence-electron chi connectivity index (χ2n) is 6.53. The molecule has 2 aromatic carbocycles. The Morgan fingerprint density at radius 3 is 2.32 bits per heavy atom. The van der Waals surface area contributed by atoms with E-state index in [-0.39, 0.29) is 23.3 Å². The van der Waals surface area contributed by atoms with Crippen molar-refractivity contribution < 1.29 is 22.7 Å². The zero-order chi connectivity index (χ0) is 20.1. The minimum Gasteiger partial charge on any atom is -0.497 e. The average molecular weight is 404 g/mol. The summed E-state index contributed by atoms with van der Waals surface area (Å²) in [4.78, 5) is 14.2. The Kier molecular flexibility index (Phi) is 6.21. The fourth-order valence-electron chi connectivity index (χ4n) is 3.12. The molecule has 150 valence electrons. The molecule has 1 aliphatic heterocycles. The monoisotopic (exact) mass is 404 g/mol. The van der Waals surface area contributed by atoms with E-state index in [1.54, 1.807) is 17.0 Å². The van der Waals surface area contributed by atoms with E-state index in [2.05, 4.69) is 4.72 Å². The van der Waals surface area contributed by atoms with E-state index in [0.717, 1.165) is 11.4 Å². The van der Waals surface area contributed by atoms with Crippen LogP contribution < -0.4 is 19.1 Å². The first kappa shape index (κ1) is 20.2. The lowest BCUT2D eigenvalue weighted by Gasteiger charge is -2.17. The van der Waals surface area contributed by atoms with E-state index < -0.39 is 10.0 Å². The average Bonchev–Trinajstić information content (AvgIpc) is 3.08. The summed E-state index contributed by atoms with van der Waals surface area (Å²) in [5.41, 5.74) is 0.786. The molecule has 1 N–H and O–H groups in total. The summed E-state index contributed by atoms with van der Waals surface area (Å²) in [6.45, 7) is 3.17. The molecule has 8 heteroatoms. The number of rotatable bonds is 8. The van der Waals surface area contributed by atoms with Gasteiger partial charge in [-0.25, -0.2) is 13.1 Å². The molecule has 0 saturated carbocycles. The molecule has 2 aromatic rings. The number of carbonyl (C=O) groups excluding carboxylic acids is 1. The second-order valence-corrected chi connectivity index (χ2v) is 8.30. The molecule has 1 fully saturated rings. The van der Waals surface area contributed by atoms with Crippen LogP contribution >= 0.6 is 0 Å². The largest absolute Gasteiger partial charge is 0.497 e. The second kappa shape index (κ2) is 8.62. The quantitative estimate of drug-likeness (QED) is 0.730. The number of hydrogen-bond acceptors (Lipinski definition) is 5. The Morgan fingerprint density at radius 1 is 1.07 bits per heavy atom. The van der Waals surface area contributed by atoms with Gasteiger partial charge in [-0.05, 0) is 61.4 Å². The zero-order valence-corrected chi connectivity index (χ0v) is 16.7. The summed E-state index contributed by atoms with van der Waals surface area (Å²) < 4.78 is 38.0. The van der Waals surface area contributed by atoms with Crippen molar-refractivity contribution in [2.24, 2.45) is 5.92 Å². The van der Waals surface area contributed by atoms with Crippen LogP contribution in [0.1, 0.15) is 13.3 Å². The van der Waals surface area contributed by atoms with Crippen molar-refractivity contribution >= 4 is 21.6 Å². The van der Waals surface area contributed by atoms with Gasteiger partial charge in [0.1, 0.15) is 11.5 Å². The first-order valence-electron chi connectivity index (χ1n) is 9.10. The fourth-order valence-corrected chi connectivity index (χ4v) is 4.24. The van der Waals surface area contributed by atoms with Crippen LogP contribution in [0.4, 0.5) is 5.69 Å². The van der Waals surface area contributed by atoms with E-state index in [0.29, 0.717) is 25.3 Å². The van der Waals surface area contributed by atoms with Gasteiger partial charge in [0.2, 0.25) is 15.9 Å². The zero-order valence-electron chi connectivity index (χ0n) is 15.9. The van der Waals surface area contributed by atoms with Crippen LogP contribution in [0.5, 0.6) is 11.5 Å². The molecule has 0 radical (unpaired) electrons. The molecule has 0 spiro atoms. The molecule has 0 aromatic heterocycles. The summed E-state index contributed by atoms with van der Waals surface area (Å²) in [6.07, 6.45) is 0.304. The number of hydrogen-bond donors (Lipinski definition) is 1. The lowest BCUT2D eigenvalue weighted by molar-refractivity contribution is -0.117. The molecule has 1 saturated heterocycles. The highest BCUT2D eigenvalue weighted by atomic mass is 32.2. The summed E-state index contributed by atoms with van der Waals surface area (Å²) >= 11 is 0. The van der Waals surface area contributed by atoms with Crippen molar-refractivity contribution in [3.8, 4) is 11.5 Å². The maximum Gasteiger partial charge on any atom is 0.240 e. The van der Waals surface area contributed by atoms with Crippen LogP contribution in [0.15, 0.2) is 53.4 Å². The number of benzene rings is 2. The van der Waals surface area contributed by atoms with E-state index in [1.165, 1.54) is 19.2 Å². The predicted molar refractivity (Wildman–Crippen MR) is 106 cm³/mol. The molecular formula is C20H24N2O5S. The molecule has 7 nitrogen and oxygen atoms in total. The van der Waals surface area contributed by atoms with Crippen molar-refractivity contribution in [3.63, 3.8) is 0 Å². The predicted octanol–water partition coefficient (Wildman–Crippen LogP) is 2.43. The number of carbonyl (C=O) groups is 1. The molecule has 0 bridgehead atoms. The van der Waals surface area contributed by atoms with Crippen LogP contribution in [0.25, 0.3) is 0 Å². The standard InChI is InChI=1S/C20H24N2O5S/c1-3-27-18-6-4-16(5-7-18)22-14-15(12-20(22)23)13-21-28(24,25)19-10-8-17(26-2)9-11-19/h4-11,15,21H,3,12-14H2,1-2H3/t15-/m1/s1. The van der Waals surface area contributed by atoms with E-state index in [4.69, 9.17) is 9.47 Å². The lowest BCUT2D eigenvalue weighted by Crippen LogP contribution is -2.31. The molecule has 0 aliphatic carbocycles. The molecule has 1 heterocycles. The van der Waals surface area contributed by atoms with Gasteiger partial charge in [0.15, 0.2) is 0 Å². The van der Waals surface area contributed by atoms with Gasteiger partial charge in [0.25, 0.3) is 0 Å². The van der Waals surface area contributed by atoms with Crippen molar-refractivity contribution in [1.82, 2.24) is 4.72 Å². The smallest absolute Gasteiger partial charge is 0.240 e. The van der Waals surface area contributed by atoms with Crippen molar-refractivity contribution in [2.75, 3.05) is 31.7 Å². The molecule has 1 aliphatic rings. The highest BCUT2D eigenvalue weighted by Crippen LogP contribution is 2.27. The maximum atomic E-state index is 12.5. The minimum atomic E-state index is -3.64. The number of ether oxygens (including phenoxy) is 2. The SMILES string of the molecule is CCOc1ccc(N2C[C@@H](CNS(=O)(=O)c3ccc(OC)cc3)CC2=O)cc1. The number of nitrogens with one attached hydrogen (secondary N) is 1. The minimum absolute atomic E-state index is 0.0159. The Bertz CT molecular complexity index is 911. The number of amides is 1. The lowest BCUT2D eigenvalue weighted by atomic mass is 10.1. The summed E-state index contributed by atoms with van der Waals surface area (Å²) in [5, 5.41) is 0. The van der Waals surface area contributed by atoms with Crippen LogP contribution in [-0.4, -0.2) is 41.1 Å². The van der Waals surface area contributed by atoms with Crippen molar-refractivity contribution in [1.29, 1.82) is 0 Å². The normalized spacial score (nSPS) is 17.0. The summed E-state index contributed by atoms with van der Waals surface area (Å²) in [7, 11) is -2.11. The third-order valence-corrected chi connectivity index (χ3v) is 6.04.